The van der Waals surface area contributed by atoms with Crippen LogP contribution in [0.5, 0.6) is 0 Å². The molecule has 0 radical (unpaired) electrons. The molecule has 1 fully saturated rings. The van der Waals surface area contributed by atoms with Crippen LogP contribution in [-0.2, 0) is 16.0 Å². The molecule has 0 bridgehead atoms. The number of aryl methyl sites for hydroxylation is 3. The molecule has 1 N–H and O–H groups in total. The highest BCUT2D eigenvalue weighted by atomic mass is 16.2. The monoisotopic (exact) mass is 405 g/mol. The molecule has 1 saturated carbocycles. The lowest BCUT2D eigenvalue weighted by Gasteiger charge is -2.30. The fourth-order valence-electron chi connectivity index (χ4n) is 4.24. The molecule has 1 heterocycles. The van der Waals surface area contributed by atoms with Gasteiger partial charge in [-0.1, -0.05) is 30.3 Å². The average molecular weight is 406 g/mol. The second-order valence-corrected chi connectivity index (χ2v) is 8.60. The highest BCUT2D eigenvalue weighted by Crippen LogP contribution is 2.29. The van der Waals surface area contributed by atoms with Gasteiger partial charge in [0.1, 0.15) is 0 Å². The van der Waals surface area contributed by atoms with E-state index in [-0.39, 0.29) is 11.8 Å². The first-order valence-corrected chi connectivity index (χ1v) is 11.0. The van der Waals surface area contributed by atoms with E-state index in [0.29, 0.717) is 25.6 Å². The first kappa shape index (κ1) is 20.6. The summed E-state index contributed by atoms with van der Waals surface area (Å²) in [5.74, 6) is 0.147. The molecule has 2 aromatic rings. The summed E-state index contributed by atoms with van der Waals surface area (Å²) < 4.78 is 0. The van der Waals surface area contributed by atoms with Crippen LogP contribution in [0.25, 0.3) is 0 Å². The van der Waals surface area contributed by atoms with Gasteiger partial charge in [0.15, 0.2) is 0 Å². The fraction of sp³-hybridized carbons (Fsp3) is 0.440. The Morgan fingerprint density at radius 3 is 2.73 bits per heavy atom. The van der Waals surface area contributed by atoms with Crippen molar-refractivity contribution in [2.45, 2.75) is 52.0 Å². The molecule has 1 aliphatic heterocycles. The van der Waals surface area contributed by atoms with E-state index >= 15 is 0 Å². The maximum absolute atomic E-state index is 13.0. The van der Waals surface area contributed by atoms with Crippen LogP contribution >= 0.6 is 0 Å². The maximum Gasteiger partial charge on any atom is 0.238 e. The summed E-state index contributed by atoms with van der Waals surface area (Å²) in [6.07, 6.45) is 4.70. The van der Waals surface area contributed by atoms with Gasteiger partial charge >= 0.3 is 0 Å². The molecule has 1 aliphatic carbocycles. The van der Waals surface area contributed by atoms with Crippen LogP contribution in [0.15, 0.2) is 42.5 Å². The van der Waals surface area contributed by atoms with Crippen LogP contribution in [0.3, 0.4) is 0 Å². The zero-order valence-corrected chi connectivity index (χ0v) is 18.0. The lowest BCUT2D eigenvalue weighted by Crippen LogP contribution is -2.40. The van der Waals surface area contributed by atoms with Gasteiger partial charge < -0.3 is 10.2 Å². The van der Waals surface area contributed by atoms with E-state index in [4.69, 9.17) is 0 Å². The smallest absolute Gasteiger partial charge is 0.238 e. The SMILES string of the molecule is Cc1ccc(C)c(NC(=O)CN(CCC(=O)N2CCCc3ccccc32)C2CC2)c1. The molecule has 0 aromatic heterocycles. The molecular weight excluding hydrogens is 374 g/mol. The number of benzene rings is 2. The van der Waals surface area contributed by atoms with Crippen molar-refractivity contribution in [2.24, 2.45) is 0 Å². The number of nitrogens with one attached hydrogen (secondary N) is 1. The van der Waals surface area contributed by atoms with Crippen LogP contribution < -0.4 is 10.2 Å². The summed E-state index contributed by atoms with van der Waals surface area (Å²) in [5, 5.41) is 3.05. The number of nitrogens with zero attached hydrogens (tertiary/aromatic N) is 2. The molecule has 0 spiro atoms. The van der Waals surface area contributed by atoms with E-state index in [1.807, 2.05) is 55.1 Å². The molecule has 5 nitrogen and oxygen atoms in total. The zero-order chi connectivity index (χ0) is 21.1. The fourth-order valence-corrected chi connectivity index (χ4v) is 4.24. The second kappa shape index (κ2) is 9.00. The van der Waals surface area contributed by atoms with Crippen LogP contribution in [0.4, 0.5) is 11.4 Å². The summed E-state index contributed by atoms with van der Waals surface area (Å²) in [4.78, 5) is 29.8. The van der Waals surface area contributed by atoms with Crippen molar-refractivity contribution < 1.29 is 9.59 Å². The Bertz CT molecular complexity index is 936. The van der Waals surface area contributed by atoms with Gasteiger partial charge in [-0.05, 0) is 68.4 Å². The predicted molar refractivity (Wildman–Crippen MR) is 121 cm³/mol. The highest BCUT2D eigenvalue weighted by Gasteiger charge is 2.31. The Morgan fingerprint density at radius 2 is 1.93 bits per heavy atom. The number of rotatable bonds is 7. The van der Waals surface area contributed by atoms with Gasteiger partial charge in [-0.15, -0.1) is 0 Å². The zero-order valence-electron chi connectivity index (χ0n) is 18.0. The van der Waals surface area contributed by atoms with E-state index in [0.717, 1.165) is 54.7 Å². The second-order valence-electron chi connectivity index (χ2n) is 8.60. The van der Waals surface area contributed by atoms with Crippen molar-refractivity contribution in [1.82, 2.24) is 4.90 Å². The summed E-state index contributed by atoms with van der Waals surface area (Å²) in [5.41, 5.74) is 5.37. The molecule has 158 valence electrons. The van der Waals surface area contributed by atoms with E-state index < -0.39 is 0 Å². The molecule has 2 aromatic carbocycles. The van der Waals surface area contributed by atoms with Gasteiger partial charge in [0, 0.05) is 36.9 Å². The Morgan fingerprint density at radius 1 is 1.13 bits per heavy atom. The van der Waals surface area contributed by atoms with Crippen LogP contribution in [0.1, 0.15) is 42.4 Å². The summed E-state index contributed by atoms with van der Waals surface area (Å²) in [6, 6.07) is 14.7. The number of anilines is 2. The minimum Gasteiger partial charge on any atom is -0.325 e. The Kier molecular flexibility index (Phi) is 6.18. The third-order valence-electron chi connectivity index (χ3n) is 6.10. The number of carbonyl (C=O) groups excluding carboxylic acids is 2. The third-order valence-corrected chi connectivity index (χ3v) is 6.10. The quantitative estimate of drug-likeness (QED) is 0.755. The van der Waals surface area contributed by atoms with Crippen molar-refractivity contribution in [1.29, 1.82) is 0 Å². The van der Waals surface area contributed by atoms with Crippen molar-refractivity contribution in [3.8, 4) is 0 Å². The van der Waals surface area contributed by atoms with Gasteiger partial charge in [0.25, 0.3) is 0 Å². The lowest BCUT2D eigenvalue weighted by atomic mass is 10.0. The summed E-state index contributed by atoms with van der Waals surface area (Å²) in [6.45, 7) is 5.77. The third kappa shape index (κ3) is 4.90. The van der Waals surface area contributed by atoms with Crippen molar-refractivity contribution in [2.75, 3.05) is 29.9 Å². The van der Waals surface area contributed by atoms with Gasteiger partial charge in [-0.25, -0.2) is 0 Å². The summed E-state index contributed by atoms with van der Waals surface area (Å²) in [7, 11) is 0. The number of fused-ring (bicyclic) bond motifs is 1. The van der Waals surface area contributed by atoms with Gasteiger partial charge in [-0.3, -0.25) is 14.5 Å². The van der Waals surface area contributed by atoms with E-state index in [1.54, 1.807) is 0 Å². The van der Waals surface area contributed by atoms with E-state index in [9.17, 15) is 9.59 Å². The molecule has 4 rings (SSSR count). The molecule has 0 unspecified atom stereocenters. The number of amides is 2. The largest absolute Gasteiger partial charge is 0.325 e. The molecule has 2 aliphatic rings. The number of para-hydroxylation sites is 1. The molecular formula is C25H31N3O2. The lowest BCUT2D eigenvalue weighted by molar-refractivity contribution is -0.121. The van der Waals surface area contributed by atoms with Crippen LogP contribution in [0, 0.1) is 13.8 Å². The van der Waals surface area contributed by atoms with E-state index in [2.05, 4.69) is 16.3 Å². The minimum atomic E-state index is -0.00799. The van der Waals surface area contributed by atoms with Crippen LogP contribution in [0.2, 0.25) is 0 Å². The number of hydrogen-bond donors (Lipinski definition) is 1. The molecule has 2 amide bonds. The van der Waals surface area contributed by atoms with Crippen molar-refractivity contribution in [3.05, 3.63) is 59.2 Å². The van der Waals surface area contributed by atoms with Gasteiger partial charge in [-0.2, -0.15) is 0 Å². The van der Waals surface area contributed by atoms with Gasteiger partial charge in [0.2, 0.25) is 11.8 Å². The van der Waals surface area contributed by atoms with Crippen molar-refractivity contribution >= 4 is 23.2 Å². The molecule has 0 saturated heterocycles. The Balaban J connectivity index is 1.35. The standard InChI is InChI=1S/C25H31N3O2/c1-18-9-10-19(2)22(16-18)26-24(29)17-27(21-11-12-21)15-13-25(30)28-14-5-7-20-6-3-4-8-23(20)28/h3-4,6,8-10,16,21H,5,7,11-15,17H2,1-2H3,(H,26,29). The average Bonchev–Trinajstić information content (AvgIpc) is 3.58. The van der Waals surface area contributed by atoms with Gasteiger partial charge in [0.05, 0.1) is 6.54 Å². The Hall–Kier alpha value is -2.66. The Labute approximate surface area is 179 Å². The van der Waals surface area contributed by atoms with Crippen LogP contribution in [-0.4, -0.2) is 42.4 Å². The van der Waals surface area contributed by atoms with E-state index in [1.165, 1.54) is 5.56 Å². The highest BCUT2D eigenvalue weighted by molar-refractivity contribution is 5.95. The normalized spacial score (nSPS) is 15.8. The number of hydrogen-bond acceptors (Lipinski definition) is 3. The summed E-state index contributed by atoms with van der Waals surface area (Å²) >= 11 is 0. The topological polar surface area (TPSA) is 52.7 Å². The molecule has 30 heavy (non-hydrogen) atoms. The first-order chi connectivity index (χ1) is 14.5. The molecule has 5 heteroatoms. The molecule has 0 atom stereocenters. The van der Waals surface area contributed by atoms with Crippen molar-refractivity contribution in [3.63, 3.8) is 0 Å². The minimum absolute atomic E-state index is 0.00799. The predicted octanol–water partition coefficient (Wildman–Crippen LogP) is 4.08. The maximum atomic E-state index is 13.0. The first-order valence-electron chi connectivity index (χ1n) is 11.0. The number of carbonyl (C=O) groups is 2.